The summed E-state index contributed by atoms with van der Waals surface area (Å²) >= 11 is 0. The molecule has 2 aliphatic carbocycles. The van der Waals surface area contributed by atoms with Crippen molar-refractivity contribution in [3.05, 3.63) is 59.4 Å². The summed E-state index contributed by atoms with van der Waals surface area (Å²) in [6.45, 7) is 0.800. The van der Waals surface area contributed by atoms with Crippen LogP contribution in [0.1, 0.15) is 72.1 Å². The Hall–Kier alpha value is -3.42. The number of ether oxygens (including phenoxy) is 2. The molecule has 2 aromatic rings. The zero-order valence-corrected chi connectivity index (χ0v) is 20.2. The maximum atomic E-state index is 14.2. The van der Waals surface area contributed by atoms with Crippen LogP contribution in [0.3, 0.4) is 0 Å². The number of carbonyl (C=O) groups is 3. The van der Waals surface area contributed by atoms with Crippen LogP contribution in [0, 0.1) is 17.7 Å². The third kappa shape index (κ3) is 7.29. The van der Waals surface area contributed by atoms with Crippen molar-refractivity contribution in [1.29, 1.82) is 0 Å². The van der Waals surface area contributed by atoms with E-state index >= 15 is 0 Å². The number of hydrogen-bond acceptors (Lipinski definition) is 5. The van der Waals surface area contributed by atoms with Gasteiger partial charge in [0.05, 0.1) is 18.6 Å². The minimum atomic E-state index is -0.743. The molecule has 0 bridgehead atoms. The number of Topliss-reactive ketones (excluding diaryl/α,β-unsaturated/α-hetero) is 1. The van der Waals surface area contributed by atoms with Gasteiger partial charge in [0.15, 0.2) is 17.3 Å². The fourth-order valence-corrected chi connectivity index (χ4v) is 4.29. The Morgan fingerprint density at radius 1 is 0.944 bits per heavy atom. The van der Waals surface area contributed by atoms with Crippen molar-refractivity contribution in [1.82, 2.24) is 5.32 Å². The molecule has 0 unspecified atom stereocenters. The van der Waals surface area contributed by atoms with E-state index in [0.717, 1.165) is 12.8 Å². The van der Waals surface area contributed by atoms with Gasteiger partial charge in [-0.3, -0.25) is 14.4 Å². The summed E-state index contributed by atoms with van der Waals surface area (Å²) in [6.07, 6.45) is 5.58. The Balaban J connectivity index is 1.16. The number of rotatable bonds is 12. The molecule has 192 valence electrons. The molecule has 1 amide bonds. The van der Waals surface area contributed by atoms with Gasteiger partial charge in [-0.25, -0.2) is 4.39 Å². The molecule has 8 heteroatoms. The van der Waals surface area contributed by atoms with E-state index in [1.165, 1.54) is 18.2 Å². The second kappa shape index (κ2) is 12.0. The Kier molecular flexibility index (Phi) is 8.57. The van der Waals surface area contributed by atoms with Crippen molar-refractivity contribution in [2.45, 2.75) is 57.5 Å². The first-order chi connectivity index (χ1) is 17.4. The van der Waals surface area contributed by atoms with Crippen molar-refractivity contribution in [2.75, 3.05) is 13.2 Å². The SMILES string of the molecule is O=C(CCCNC(=O)c1ccc(OCC2CC2)c(F)c1)c1ccc(OC2CCC(C(=O)O)CC2)cc1. The summed E-state index contributed by atoms with van der Waals surface area (Å²) in [5.41, 5.74) is 0.775. The first-order valence-corrected chi connectivity index (χ1v) is 12.6. The highest BCUT2D eigenvalue weighted by atomic mass is 19.1. The number of benzene rings is 2. The molecule has 2 fully saturated rings. The van der Waals surface area contributed by atoms with E-state index in [2.05, 4.69) is 5.32 Å². The van der Waals surface area contributed by atoms with E-state index in [0.29, 0.717) is 62.5 Å². The van der Waals surface area contributed by atoms with Crippen LogP contribution in [0.4, 0.5) is 4.39 Å². The highest BCUT2D eigenvalue weighted by molar-refractivity contribution is 5.96. The van der Waals surface area contributed by atoms with Gasteiger partial charge in [0.2, 0.25) is 0 Å². The smallest absolute Gasteiger partial charge is 0.306 e. The summed E-state index contributed by atoms with van der Waals surface area (Å²) in [6, 6.07) is 11.1. The van der Waals surface area contributed by atoms with E-state index in [1.807, 2.05) is 0 Å². The standard InChI is InChI=1S/C28H32FNO6/c29-24-16-21(9-14-26(24)35-17-18-3-4-18)27(32)30-15-1-2-25(31)19-5-10-22(11-6-19)36-23-12-7-20(8-13-23)28(33)34/h5-6,9-11,14,16,18,20,23H,1-4,7-8,12-13,15,17H2,(H,30,32)(H,33,34). The number of aliphatic carboxylic acids is 1. The number of ketones is 1. The lowest BCUT2D eigenvalue weighted by Gasteiger charge is -2.26. The minimum absolute atomic E-state index is 0.00861. The van der Waals surface area contributed by atoms with Gasteiger partial charge in [0.25, 0.3) is 5.91 Å². The minimum Gasteiger partial charge on any atom is -0.490 e. The fraction of sp³-hybridized carbons (Fsp3) is 0.464. The molecule has 36 heavy (non-hydrogen) atoms. The number of hydrogen-bond donors (Lipinski definition) is 2. The van der Waals surface area contributed by atoms with Crippen LogP contribution >= 0.6 is 0 Å². The van der Waals surface area contributed by atoms with Crippen LogP contribution < -0.4 is 14.8 Å². The number of amides is 1. The highest BCUT2D eigenvalue weighted by Gasteiger charge is 2.27. The maximum absolute atomic E-state index is 14.2. The molecule has 0 saturated heterocycles. The maximum Gasteiger partial charge on any atom is 0.306 e. The van der Waals surface area contributed by atoms with Crippen molar-refractivity contribution in [3.8, 4) is 11.5 Å². The molecule has 2 saturated carbocycles. The number of carbonyl (C=O) groups excluding carboxylic acids is 2. The van der Waals surface area contributed by atoms with Gasteiger partial charge in [0.1, 0.15) is 5.75 Å². The third-order valence-electron chi connectivity index (χ3n) is 6.73. The lowest BCUT2D eigenvalue weighted by atomic mass is 9.87. The normalized spacial score (nSPS) is 19.4. The average molecular weight is 498 g/mol. The molecule has 4 rings (SSSR count). The Morgan fingerprint density at radius 2 is 1.64 bits per heavy atom. The molecule has 2 aromatic carbocycles. The van der Waals surface area contributed by atoms with E-state index in [1.54, 1.807) is 24.3 Å². The highest BCUT2D eigenvalue weighted by Crippen LogP contribution is 2.30. The van der Waals surface area contributed by atoms with Gasteiger partial charge in [-0.1, -0.05) is 0 Å². The third-order valence-corrected chi connectivity index (χ3v) is 6.73. The van der Waals surface area contributed by atoms with Crippen LogP contribution in [0.5, 0.6) is 11.5 Å². The second-order valence-corrected chi connectivity index (χ2v) is 9.64. The van der Waals surface area contributed by atoms with Crippen molar-refractivity contribution >= 4 is 17.7 Å². The first-order valence-electron chi connectivity index (χ1n) is 12.6. The molecule has 2 N–H and O–H groups in total. The van der Waals surface area contributed by atoms with E-state index in [4.69, 9.17) is 14.6 Å². The molecule has 0 heterocycles. The quantitative estimate of drug-likeness (QED) is 0.315. The molecule has 0 radical (unpaired) electrons. The number of halogens is 1. The van der Waals surface area contributed by atoms with Crippen molar-refractivity contribution in [3.63, 3.8) is 0 Å². The van der Waals surface area contributed by atoms with Crippen molar-refractivity contribution < 1.29 is 33.4 Å². The zero-order valence-electron chi connectivity index (χ0n) is 20.2. The summed E-state index contributed by atoms with van der Waals surface area (Å²) in [5.74, 6) is -0.688. The predicted octanol–water partition coefficient (Wildman–Crippen LogP) is 5.03. The summed E-state index contributed by atoms with van der Waals surface area (Å²) < 4.78 is 25.6. The van der Waals surface area contributed by atoms with E-state index < -0.39 is 17.7 Å². The van der Waals surface area contributed by atoms with Gasteiger partial charge < -0.3 is 19.9 Å². The molecule has 2 aliphatic rings. The Morgan fingerprint density at radius 3 is 2.28 bits per heavy atom. The Labute approximate surface area is 210 Å². The van der Waals surface area contributed by atoms with Gasteiger partial charge in [0, 0.05) is 24.1 Å². The molecular weight excluding hydrogens is 465 g/mol. The van der Waals surface area contributed by atoms with Crippen LogP contribution in [0.15, 0.2) is 42.5 Å². The molecule has 0 atom stereocenters. The summed E-state index contributed by atoms with van der Waals surface area (Å²) in [7, 11) is 0. The van der Waals surface area contributed by atoms with Crippen LogP contribution in [0.2, 0.25) is 0 Å². The number of carboxylic acid groups (broad SMARTS) is 1. The fourth-order valence-electron chi connectivity index (χ4n) is 4.29. The number of nitrogens with one attached hydrogen (secondary N) is 1. The van der Waals surface area contributed by atoms with Crippen molar-refractivity contribution in [2.24, 2.45) is 11.8 Å². The van der Waals surface area contributed by atoms with Gasteiger partial charge in [-0.2, -0.15) is 0 Å². The molecule has 7 nitrogen and oxygen atoms in total. The lowest BCUT2D eigenvalue weighted by molar-refractivity contribution is -0.143. The topological polar surface area (TPSA) is 102 Å². The Bertz CT molecular complexity index is 1070. The second-order valence-electron chi connectivity index (χ2n) is 9.64. The number of carboxylic acids is 1. The van der Waals surface area contributed by atoms with Crippen LogP contribution in [0.25, 0.3) is 0 Å². The molecule has 0 spiro atoms. The van der Waals surface area contributed by atoms with Gasteiger partial charge >= 0.3 is 5.97 Å². The molecular formula is C28H32FNO6. The van der Waals surface area contributed by atoms with Gasteiger partial charge in [-0.15, -0.1) is 0 Å². The summed E-state index contributed by atoms with van der Waals surface area (Å²) in [5, 5.41) is 11.8. The van der Waals surface area contributed by atoms with E-state index in [9.17, 15) is 18.8 Å². The average Bonchev–Trinajstić information content (AvgIpc) is 3.71. The lowest BCUT2D eigenvalue weighted by Crippen LogP contribution is -2.27. The molecule has 0 aromatic heterocycles. The largest absolute Gasteiger partial charge is 0.490 e. The van der Waals surface area contributed by atoms with E-state index in [-0.39, 0.29) is 35.5 Å². The summed E-state index contributed by atoms with van der Waals surface area (Å²) in [4.78, 5) is 35.9. The molecule has 0 aliphatic heterocycles. The van der Waals surface area contributed by atoms with Crippen LogP contribution in [-0.2, 0) is 4.79 Å². The van der Waals surface area contributed by atoms with Gasteiger partial charge in [-0.05, 0) is 93.3 Å². The zero-order chi connectivity index (χ0) is 25.5. The van der Waals surface area contributed by atoms with Crippen LogP contribution in [-0.4, -0.2) is 42.0 Å². The predicted molar refractivity (Wildman–Crippen MR) is 131 cm³/mol. The monoisotopic (exact) mass is 497 g/mol. The first kappa shape index (κ1) is 25.7.